The van der Waals surface area contributed by atoms with E-state index in [2.05, 4.69) is 20.9 Å². The summed E-state index contributed by atoms with van der Waals surface area (Å²) >= 11 is 3.35. The summed E-state index contributed by atoms with van der Waals surface area (Å²) < 4.78 is 8.11. The SMILES string of the molecule is COc1ccccc1-n1cc(Br)nc1C. The van der Waals surface area contributed by atoms with Gasteiger partial charge in [0, 0.05) is 6.20 Å². The smallest absolute Gasteiger partial charge is 0.142 e. The molecule has 78 valence electrons. The van der Waals surface area contributed by atoms with Gasteiger partial charge in [0.1, 0.15) is 16.2 Å². The normalized spacial score (nSPS) is 10.3. The minimum Gasteiger partial charge on any atom is -0.495 e. The molecule has 2 aromatic rings. The number of ether oxygens (including phenoxy) is 1. The van der Waals surface area contributed by atoms with Crippen LogP contribution in [0.2, 0.25) is 0 Å². The molecule has 0 bridgehead atoms. The lowest BCUT2D eigenvalue weighted by molar-refractivity contribution is 0.412. The molecule has 0 amide bonds. The standard InChI is InChI=1S/C11H11BrN2O/c1-8-13-11(12)7-14(8)9-5-3-4-6-10(9)15-2/h3-7H,1-2H3. The van der Waals surface area contributed by atoms with E-state index in [9.17, 15) is 0 Å². The zero-order chi connectivity index (χ0) is 10.8. The van der Waals surface area contributed by atoms with Gasteiger partial charge in [0.2, 0.25) is 0 Å². The highest BCUT2D eigenvalue weighted by Gasteiger charge is 2.08. The van der Waals surface area contributed by atoms with E-state index < -0.39 is 0 Å². The van der Waals surface area contributed by atoms with Crippen molar-refractivity contribution in [2.75, 3.05) is 7.11 Å². The second-order valence-corrected chi connectivity index (χ2v) is 3.97. The van der Waals surface area contributed by atoms with E-state index in [1.807, 2.05) is 42.0 Å². The summed E-state index contributed by atoms with van der Waals surface area (Å²) in [5.41, 5.74) is 0.996. The van der Waals surface area contributed by atoms with Crippen molar-refractivity contribution in [3.63, 3.8) is 0 Å². The van der Waals surface area contributed by atoms with Gasteiger partial charge in [0.15, 0.2) is 0 Å². The van der Waals surface area contributed by atoms with Gasteiger partial charge in [-0.15, -0.1) is 0 Å². The molecule has 1 aromatic heterocycles. The number of aromatic nitrogens is 2. The van der Waals surface area contributed by atoms with Crippen molar-refractivity contribution in [3.8, 4) is 11.4 Å². The molecule has 4 heteroatoms. The van der Waals surface area contributed by atoms with Crippen molar-refractivity contribution in [1.82, 2.24) is 9.55 Å². The van der Waals surface area contributed by atoms with Gasteiger partial charge in [-0.3, -0.25) is 4.57 Å². The Morgan fingerprint density at radius 1 is 1.33 bits per heavy atom. The molecule has 0 radical (unpaired) electrons. The number of aryl methyl sites for hydroxylation is 1. The first-order valence-corrected chi connectivity index (χ1v) is 5.36. The monoisotopic (exact) mass is 266 g/mol. The zero-order valence-electron chi connectivity index (χ0n) is 8.57. The van der Waals surface area contributed by atoms with Gasteiger partial charge >= 0.3 is 0 Å². The molecule has 1 heterocycles. The van der Waals surface area contributed by atoms with Crippen LogP contribution < -0.4 is 4.74 Å². The molecule has 3 nitrogen and oxygen atoms in total. The third-order valence-electron chi connectivity index (χ3n) is 2.20. The van der Waals surface area contributed by atoms with Crippen LogP contribution in [0.25, 0.3) is 5.69 Å². The Kier molecular flexibility index (Phi) is 2.77. The number of benzene rings is 1. The summed E-state index contributed by atoms with van der Waals surface area (Å²) in [6.45, 7) is 1.96. The fourth-order valence-electron chi connectivity index (χ4n) is 1.51. The van der Waals surface area contributed by atoms with Crippen LogP contribution in [0.15, 0.2) is 35.1 Å². The summed E-state index contributed by atoms with van der Waals surface area (Å²) in [7, 11) is 1.67. The average molecular weight is 267 g/mol. The van der Waals surface area contributed by atoms with Crippen molar-refractivity contribution in [2.24, 2.45) is 0 Å². The Hall–Kier alpha value is -1.29. The van der Waals surface area contributed by atoms with Crippen molar-refractivity contribution in [2.45, 2.75) is 6.92 Å². The van der Waals surface area contributed by atoms with Crippen LogP contribution in [0.5, 0.6) is 5.75 Å². The fraction of sp³-hybridized carbons (Fsp3) is 0.182. The molecule has 0 fully saturated rings. The second-order valence-electron chi connectivity index (χ2n) is 3.15. The second kappa shape index (κ2) is 4.06. The number of halogens is 1. The van der Waals surface area contributed by atoms with Gasteiger partial charge in [-0.2, -0.15) is 0 Å². The van der Waals surface area contributed by atoms with Crippen LogP contribution in [0, 0.1) is 6.92 Å². The van der Waals surface area contributed by atoms with Gasteiger partial charge in [0.25, 0.3) is 0 Å². The molecule has 0 aliphatic carbocycles. The van der Waals surface area contributed by atoms with Crippen LogP contribution in [0.1, 0.15) is 5.82 Å². The average Bonchev–Trinajstić information content (AvgIpc) is 2.57. The van der Waals surface area contributed by atoms with Crippen molar-refractivity contribution in [1.29, 1.82) is 0 Å². The number of methoxy groups -OCH3 is 1. The van der Waals surface area contributed by atoms with Gasteiger partial charge in [-0.1, -0.05) is 12.1 Å². The summed E-state index contributed by atoms with van der Waals surface area (Å²) in [6, 6.07) is 7.86. The van der Waals surface area contributed by atoms with Gasteiger partial charge < -0.3 is 4.74 Å². The number of hydrogen-bond acceptors (Lipinski definition) is 2. The molecule has 0 saturated heterocycles. The van der Waals surface area contributed by atoms with Gasteiger partial charge in [0.05, 0.1) is 12.8 Å². The van der Waals surface area contributed by atoms with Crippen molar-refractivity contribution in [3.05, 3.63) is 40.9 Å². The Morgan fingerprint density at radius 2 is 2.07 bits per heavy atom. The molecule has 0 N–H and O–H groups in total. The number of imidazole rings is 1. The van der Waals surface area contributed by atoms with Crippen LogP contribution >= 0.6 is 15.9 Å². The molecule has 0 saturated carbocycles. The van der Waals surface area contributed by atoms with Crippen LogP contribution in [-0.4, -0.2) is 16.7 Å². The quantitative estimate of drug-likeness (QED) is 0.836. The molecule has 15 heavy (non-hydrogen) atoms. The van der Waals surface area contributed by atoms with Crippen molar-refractivity contribution < 1.29 is 4.74 Å². The highest BCUT2D eigenvalue weighted by atomic mass is 79.9. The number of rotatable bonds is 2. The van der Waals surface area contributed by atoms with E-state index in [-0.39, 0.29) is 0 Å². The lowest BCUT2D eigenvalue weighted by atomic mass is 10.3. The van der Waals surface area contributed by atoms with Gasteiger partial charge in [-0.05, 0) is 35.0 Å². The zero-order valence-corrected chi connectivity index (χ0v) is 10.2. The third kappa shape index (κ3) is 1.90. The molecule has 0 unspecified atom stereocenters. The van der Waals surface area contributed by atoms with Gasteiger partial charge in [-0.25, -0.2) is 4.98 Å². The number of nitrogens with zero attached hydrogens (tertiary/aromatic N) is 2. The lowest BCUT2D eigenvalue weighted by Gasteiger charge is -2.09. The predicted octanol–water partition coefficient (Wildman–Crippen LogP) is 2.95. The predicted molar refractivity (Wildman–Crippen MR) is 62.6 cm³/mol. The number of para-hydroxylation sites is 2. The number of hydrogen-bond donors (Lipinski definition) is 0. The first-order chi connectivity index (χ1) is 7.22. The summed E-state index contributed by atoms with van der Waals surface area (Å²) in [6.07, 6.45) is 1.92. The largest absolute Gasteiger partial charge is 0.495 e. The highest BCUT2D eigenvalue weighted by Crippen LogP contribution is 2.24. The molecule has 2 rings (SSSR count). The minimum atomic E-state index is 0.825. The first kappa shape index (κ1) is 10.2. The molecule has 0 aliphatic rings. The first-order valence-electron chi connectivity index (χ1n) is 4.57. The maximum Gasteiger partial charge on any atom is 0.142 e. The fourth-order valence-corrected chi connectivity index (χ4v) is 1.97. The summed E-state index contributed by atoms with van der Waals surface area (Å²) in [5, 5.41) is 0. The minimum absolute atomic E-state index is 0.825. The Bertz CT molecular complexity index is 479. The lowest BCUT2D eigenvalue weighted by Crippen LogP contribution is -1.98. The van der Waals surface area contributed by atoms with E-state index in [0.29, 0.717) is 0 Å². The van der Waals surface area contributed by atoms with E-state index in [0.717, 1.165) is 21.9 Å². The maximum atomic E-state index is 5.30. The highest BCUT2D eigenvalue weighted by molar-refractivity contribution is 9.10. The van der Waals surface area contributed by atoms with Crippen LogP contribution in [0.3, 0.4) is 0 Å². The van der Waals surface area contributed by atoms with E-state index in [4.69, 9.17) is 4.74 Å². The summed E-state index contributed by atoms with van der Waals surface area (Å²) in [5.74, 6) is 1.76. The molecule has 0 spiro atoms. The molecular formula is C11H11BrN2O. The van der Waals surface area contributed by atoms with Crippen LogP contribution in [0.4, 0.5) is 0 Å². The molecular weight excluding hydrogens is 256 g/mol. The molecule has 1 aromatic carbocycles. The van der Waals surface area contributed by atoms with Crippen molar-refractivity contribution >= 4 is 15.9 Å². The summed E-state index contributed by atoms with van der Waals surface area (Å²) in [4.78, 5) is 4.29. The topological polar surface area (TPSA) is 27.1 Å². The molecule has 0 atom stereocenters. The Balaban J connectivity index is 2.58. The van der Waals surface area contributed by atoms with Crippen LogP contribution in [-0.2, 0) is 0 Å². The Morgan fingerprint density at radius 3 is 2.67 bits per heavy atom. The van der Waals surface area contributed by atoms with E-state index in [1.54, 1.807) is 7.11 Å². The Labute approximate surface area is 96.8 Å². The third-order valence-corrected chi connectivity index (χ3v) is 2.58. The molecule has 0 aliphatic heterocycles. The van der Waals surface area contributed by atoms with E-state index >= 15 is 0 Å². The van der Waals surface area contributed by atoms with E-state index in [1.165, 1.54) is 0 Å². The maximum absolute atomic E-state index is 5.30.